The lowest BCUT2D eigenvalue weighted by molar-refractivity contribution is 0.0519. The van der Waals surface area contributed by atoms with E-state index in [2.05, 4.69) is 10.3 Å². The largest absolute Gasteiger partial charge is 0.494 e. The lowest BCUT2D eigenvalue weighted by Gasteiger charge is -2.07. The normalized spacial score (nSPS) is 10.0. The van der Waals surface area contributed by atoms with Crippen molar-refractivity contribution in [2.24, 2.45) is 0 Å². The number of esters is 1. The van der Waals surface area contributed by atoms with Gasteiger partial charge in [-0.05, 0) is 50.2 Å². The molecule has 0 aliphatic rings. The van der Waals surface area contributed by atoms with Crippen LogP contribution in [0.5, 0.6) is 5.75 Å². The quantitative estimate of drug-likeness (QED) is 0.830. The molecule has 2 aromatic rings. The highest BCUT2D eigenvalue weighted by Crippen LogP contribution is 2.16. The number of rotatable bonds is 6. The number of amides is 1. The topological polar surface area (TPSA) is 77.5 Å². The minimum absolute atomic E-state index is 0.103. The Balaban J connectivity index is 2.08. The monoisotopic (exact) mass is 314 g/mol. The number of ether oxygens (including phenoxy) is 2. The number of pyridine rings is 1. The number of benzene rings is 1. The van der Waals surface area contributed by atoms with Gasteiger partial charge in [0, 0.05) is 5.69 Å². The Labute approximate surface area is 134 Å². The molecule has 1 heterocycles. The third-order valence-electron chi connectivity index (χ3n) is 2.89. The number of carbonyl (C=O) groups is 2. The maximum atomic E-state index is 12.2. The molecule has 1 aromatic heterocycles. The van der Waals surface area contributed by atoms with Crippen LogP contribution >= 0.6 is 0 Å². The van der Waals surface area contributed by atoms with E-state index in [1.807, 2.05) is 6.92 Å². The standard InChI is InChI=1S/C17H18N2O4/c1-3-22-13-10-8-12(9-11-13)18-16(20)14-6-5-7-15(19-14)17(21)23-4-2/h5-11H,3-4H2,1-2H3,(H,18,20). The lowest BCUT2D eigenvalue weighted by atomic mass is 10.2. The van der Waals surface area contributed by atoms with Gasteiger partial charge in [0.15, 0.2) is 0 Å². The van der Waals surface area contributed by atoms with Crippen molar-refractivity contribution in [3.8, 4) is 5.75 Å². The van der Waals surface area contributed by atoms with Gasteiger partial charge in [-0.15, -0.1) is 0 Å². The van der Waals surface area contributed by atoms with Gasteiger partial charge in [0.1, 0.15) is 17.1 Å². The Morgan fingerprint density at radius 3 is 2.35 bits per heavy atom. The highest BCUT2D eigenvalue weighted by Gasteiger charge is 2.13. The molecule has 1 N–H and O–H groups in total. The summed E-state index contributed by atoms with van der Waals surface area (Å²) in [6, 6.07) is 11.6. The Morgan fingerprint density at radius 1 is 1.00 bits per heavy atom. The van der Waals surface area contributed by atoms with Crippen molar-refractivity contribution in [3.63, 3.8) is 0 Å². The van der Waals surface area contributed by atoms with E-state index in [0.29, 0.717) is 12.3 Å². The smallest absolute Gasteiger partial charge is 0.356 e. The van der Waals surface area contributed by atoms with Crippen LogP contribution in [0.15, 0.2) is 42.5 Å². The molecule has 0 saturated heterocycles. The number of aromatic nitrogens is 1. The molecular weight excluding hydrogens is 296 g/mol. The maximum Gasteiger partial charge on any atom is 0.356 e. The molecule has 0 fully saturated rings. The molecule has 0 bridgehead atoms. The first-order chi connectivity index (χ1) is 11.1. The fourth-order valence-electron chi connectivity index (χ4n) is 1.88. The van der Waals surface area contributed by atoms with Gasteiger partial charge in [-0.1, -0.05) is 6.07 Å². The van der Waals surface area contributed by atoms with E-state index >= 15 is 0 Å². The second-order valence-electron chi connectivity index (χ2n) is 4.54. The van der Waals surface area contributed by atoms with Crippen LogP contribution in [0.1, 0.15) is 34.8 Å². The SMILES string of the molecule is CCOC(=O)c1cccc(C(=O)Nc2ccc(OCC)cc2)n1. The molecule has 0 radical (unpaired) electrons. The van der Waals surface area contributed by atoms with Crippen LogP contribution in [-0.2, 0) is 4.74 Å². The minimum Gasteiger partial charge on any atom is -0.494 e. The summed E-state index contributed by atoms with van der Waals surface area (Å²) in [5, 5.41) is 2.72. The third-order valence-corrected chi connectivity index (χ3v) is 2.89. The zero-order valence-corrected chi connectivity index (χ0v) is 13.0. The Morgan fingerprint density at radius 2 is 1.70 bits per heavy atom. The van der Waals surface area contributed by atoms with Gasteiger partial charge in [0.25, 0.3) is 5.91 Å². The van der Waals surface area contributed by atoms with Crippen LogP contribution in [0, 0.1) is 0 Å². The van der Waals surface area contributed by atoms with E-state index in [1.54, 1.807) is 37.3 Å². The van der Waals surface area contributed by atoms with Gasteiger partial charge in [0.2, 0.25) is 0 Å². The van der Waals surface area contributed by atoms with Crippen LogP contribution in [0.25, 0.3) is 0 Å². The van der Waals surface area contributed by atoms with Crippen LogP contribution in [0.3, 0.4) is 0 Å². The van der Waals surface area contributed by atoms with E-state index in [-0.39, 0.29) is 18.0 Å². The molecule has 0 saturated carbocycles. The molecule has 0 spiro atoms. The van der Waals surface area contributed by atoms with Gasteiger partial charge >= 0.3 is 5.97 Å². The van der Waals surface area contributed by atoms with Gasteiger partial charge in [0.05, 0.1) is 13.2 Å². The first-order valence-corrected chi connectivity index (χ1v) is 7.32. The van der Waals surface area contributed by atoms with Crippen LogP contribution in [0.2, 0.25) is 0 Å². The Hall–Kier alpha value is -2.89. The fraction of sp³-hybridized carbons (Fsp3) is 0.235. The molecule has 0 aliphatic heterocycles. The highest BCUT2D eigenvalue weighted by atomic mass is 16.5. The summed E-state index contributed by atoms with van der Waals surface area (Å²) in [7, 11) is 0. The molecule has 1 amide bonds. The van der Waals surface area contributed by atoms with Crippen LogP contribution in [-0.4, -0.2) is 30.1 Å². The lowest BCUT2D eigenvalue weighted by Crippen LogP contribution is -2.16. The van der Waals surface area contributed by atoms with E-state index in [1.165, 1.54) is 12.1 Å². The number of hydrogen-bond donors (Lipinski definition) is 1. The Bertz CT molecular complexity index is 683. The molecular formula is C17H18N2O4. The average molecular weight is 314 g/mol. The number of anilines is 1. The molecule has 1 aromatic carbocycles. The molecule has 0 aliphatic carbocycles. The predicted molar refractivity (Wildman–Crippen MR) is 85.8 cm³/mol. The van der Waals surface area contributed by atoms with Gasteiger partial charge < -0.3 is 14.8 Å². The summed E-state index contributed by atoms with van der Waals surface area (Å²) in [6.07, 6.45) is 0. The van der Waals surface area contributed by atoms with Gasteiger partial charge in [-0.25, -0.2) is 9.78 Å². The second-order valence-corrected chi connectivity index (χ2v) is 4.54. The van der Waals surface area contributed by atoms with Crippen LogP contribution in [0.4, 0.5) is 5.69 Å². The van der Waals surface area contributed by atoms with Crippen molar-refractivity contribution in [2.45, 2.75) is 13.8 Å². The van der Waals surface area contributed by atoms with Crippen molar-refractivity contribution < 1.29 is 19.1 Å². The third kappa shape index (κ3) is 4.54. The van der Waals surface area contributed by atoms with Gasteiger partial charge in [-0.3, -0.25) is 4.79 Å². The summed E-state index contributed by atoms with van der Waals surface area (Å²) in [5.74, 6) is -0.226. The summed E-state index contributed by atoms with van der Waals surface area (Å²) in [5.41, 5.74) is 0.859. The summed E-state index contributed by atoms with van der Waals surface area (Å²) in [6.45, 7) is 4.44. The van der Waals surface area contributed by atoms with Crippen molar-refractivity contribution >= 4 is 17.6 Å². The van der Waals surface area contributed by atoms with Crippen molar-refractivity contribution in [1.29, 1.82) is 0 Å². The van der Waals surface area contributed by atoms with E-state index < -0.39 is 11.9 Å². The Kier molecular flexibility index (Phi) is 5.68. The summed E-state index contributed by atoms with van der Waals surface area (Å²) >= 11 is 0. The number of hydrogen-bond acceptors (Lipinski definition) is 5. The molecule has 6 heteroatoms. The van der Waals surface area contributed by atoms with E-state index in [9.17, 15) is 9.59 Å². The molecule has 23 heavy (non-hydrogen) atoms. The van der Waals surface area contributed by atoms with Crippen molar-refractivity contribution in [1.82, 2.24) is 4.98 Å². The second kappa shape index (κ2) is 7.93. The van der Waals surface area contributed by atoms with E-state index in [4.69, 9.17) is 9.47 Å². The molecule has 2 rings (SSSR count). The first kappa shape index (κ1) is 16.5. The predicted octanol–water partition coefficient (Wildman–Crippen LogP) is 2.91. The zero-order valence-electron chi connectivity index (χ0n) is 13.0. The summed E-state index contributed by atoms with van der Waals surface area (Å²) in [4.78, 5) is 27.9. The van der Waals surface area contributed by atoms with Crippen molar-refractivity contribution in [3.05, 3.63) is 53.9 Å². The highest BCUT2D eigenvalue weighted by molar-refractivity contribution is 6.03. The zero-order chi connectivity index (χ0) is 16.7. The number of nitrogens with one attached hydrogen (secondary N) is 1. The molecule has 120 valence electrons. The van der Waals surface area contributed by atoms with Crippen LogP contribution < -0.4 is 10.1 Å². The maximum absolute atomic E-state index is 12.2. The van der Waals surface area contributed by atoms with Gasteiger partial charge in [-0.2, -0.15) is 0 Å². The van der Waals surface area contributed by atoms with Crippen molar-refractivity contribution in [2.75, 3.05) is 18.5 Å². The average Bonchev–Trinajstić information content (AvgIpc) is 2.57. The molecule has 0 atom stereocenters. The molecule has 0 unspecified atom stereocenters. The molecule has 6 nitrogen and oxygen atoms in total. The first-order valence-electron chi connectivity index (χ1n) is 7.32. The van der Waals surface area contributed by atoms with E-state index in [0.717, 1.165) is 5.75 Å². The fourth-order valence-corrected chi connectivity index (χ4v) is 1.88. The summed E-state index contributed by atoms with van der Waals surface area (Å²) < 4.78 is 10.2. The minimum atomic E-state index is -0.553. The number of nitrogens with zero attached hydrogens (tertiary/aromatic N) is 1. The number of carbonyl (C=O) groups excluding carboxylic acids is 2.